The summed E-state index contributed by atoms with van der Waals surface area (Å²) in [5, 5.41) is 12.7. The Morgan fingerprint density at radius 3 is 1.84 bits per heavy atom. The molecule has 232 valence electrons. The third-order valence-electron chi connectivity index (χ3n) is 10.5. The minimum Gasteiger partial charge on any atom is -0.464 e. The molecular formula is C46H24O3S. The molecule has 0 radical (unpaired) electrons. The minimum atomic E-state index is 0.838. The van der Waals surface area contributed by atoms with E-state index in [2.05, 4.69) is 121 Å². The highest BCUT2D eigenvalue weighted by molar-refractivity contribution is 7.25. The predicted octanol–water partition coefficient (Wildman–Crippen LogP) is 14.2. The van der Waals surface area contributed by atoms with Crippen molar-refractivity contribution in [3.63, 3.8) is 0 Å². The van der Waals surface area contributed by atoms with Gasteiger partial charge in [-0.15, -0.1) is 11.3 Å². The van der Waals surface area contributed by atoms with Crippen LogP contribution in [0, 0.1) is 0 Å². The number of hydrogen-bond acceptors (Lipinski definition) is 4. The maximum absolute atomic E-state index is 6.59. The summed E-state index contributed by atoms with van der Waals surface area (Å²) in [4.78, 5) is 0. The lowest BCUT2D eigenvalue weighted by Gasteiger charge is -2.17. The number of hydrogen-bond donors (Lipinski definition) is 0. The van der Waals surface area contributed by atoms with Crippen molar-refractivity contribution in [2.45, 2.75) is 0 Å². The quantitative estimate of drug-likeness (QED) is 0.174. The second-order valence-electron chi connectivity index (χ2n) is 13.2. The van der Waals surface area contributed by atoms with Crippen LogP contribution in [-0.4, -0.2) is 0 Å². The molecule has 4 heterocycles. The van der Waals surface area contributed by atoms with E-state index in [0.29, 0.717) is 0 Å². The van der Waals surface area contributed by atoms with Crippen molar-refractivity contribution in [3.05, 3.63) is 146 Å². The lowest BCUT2D eigenvalue weighted by Crippen LogP contribution is -1.90. The van der Waals surface area contributed by atoms with E-state index in [0.717, 1.165) is 66.0 Å². The van der Waals surface area contributed by atoms with Crippen molar-refractivity contribution in [2.24, 2.45) is 0 Å². The third kappa shape index (κ3) is 3.48. The molecule has 12 aromatic rings. The summed E-state index contributed by atoms with van der Waals surface area (Å²) in [6.07, 6.45) is 1.95. The van der Waals surface area contributed by atoms with Crippen LogP contribution in [0.3, 0.4) is 0 Å². The summed E-state index contributed by atoms with van der Waals surface area (Å²) >= 11 is 1.84. The van der Waals surface area contributed by atoms with E-state index < -0.39 is 0 Å². The molecule has 50 heavy (non-hydrogen) atoms. The van der Waals surface area contributed by atoms with Gasteiger partial charge in [0.25, 0.3) is 0 Å². The molecule has 0 aliphatic heterocycles. The maximum atomic E-state index is 6.59. The van der Waals surface area contributed by atoms with E-state index in [1.54, 1.807) is 0 Å². The Labute approximate surface area is 288 Å². The van der Waals surface area contributed by atoms with Crippen molar-refractivity contribution >= 4 is 108 Å². The molecular weight excluding hydrogens is 633 g/mol. The van der Waals surface area contributed by atoms with E-state index in [1.165, 1.54) is 52.8 Å². The zero-order valence-corrected chi connectivity index (χ0v) is 27.3. The first-order valence-corrected chi connectivity index (χ1v) is 17.6. The summed E-state index contributed by atoms with van der Waals surface area (Å²) in [6, 6.07) is 49.8. The molecule has 0 N–H and O–H groups in total. The van der Waals surface area contributed by atoms with Gasteiger partial charge in [0.2, 0.25) is 0 Å². The van der Waals surface area contributed by atoms with Crippen molar-refractivity contribution in [1.29, 1.82) is 0 Å². The zero-order chi connectivity index (χ0) is 32.5. The highest BCUT2D eigenvalue weighted by Crippen LogP contribution is 2.48. The summed E-state index contributed by atoms with van der Waals surface area (Å²) in [6.45, 7) is 0. The van der Waals surface area contributed by atoms with Crippen LogP contribution in [-0.2, 0) is 0 Å². The molecule has 0 spiro atoms. The monoisotopic (exact) mass is 656 g/mol. The van der Waals surface area contributed by atoms with Gasteiger partial charge in [-0.3, -0.25) is 0 Å². The summed E-state index contributed by atoms with van der Waals surface area (Å²) in [7, 11) is 0. The molecule has 0 saturated carbocycles. The Morgan fingerprint density at radius 2 is 1.04 bits per heavy atom. The predicted molar refractivity (Wildman–Crippen MR) is 210 cm³/mol. The van der Waals surface area contributed by atoms with Crippen LogP contribution in [0.5, 0.6) is 0 Å². The number of thiophene rings is 1. The molecule has 4 heteroatoms. The summed E-state index contributed by atoms with van der Waals surface area (Å²) in [5.41, 5.74) is 9.02. The molecule has 0 aliphatic carbocycles. The van der Waals surface area contributed by atoms with Gasteiger partial charge in [0.15, 0.2) is 0 Å². The fourth-order valence-electron chi connectivity index (χ4n) is 8.37. The normalized spacial score (nSPS) is 12.4. The molecule has 0 fully saturated rings. The fraction of sp³-hybridized carbons (Fsp3) is 0. The molecule has 0 bridgehead atoms. The molecule has 0 aliphatic rings. The standard InChI is InChI=1S/C46H24O3S/c1-3-12-29-27(10-1)43(25-17-19-38-33(21-25)31-18-20-39-45(46(31)49-38)32-14-5-7-15-37(32)48-39)28-11-2-4-13-30(28)44(29)36-24-47-40-22-35-26-9-6-8-16-41(26)50-42(35)23-34(36)40/h1-24H. The van der Waals surface area contributed by atoms with Gasteiger partial charge in [-0.2, -0.15) is 0 Å². The Bertz CT molecular complexity index is 3330. The number of benzene rings is 8. The second-order valence-corrected chi connectivity index (χ2v) is 14.2. The molecule has 12 rings (SSSR count). The van der Waals surface area contributed by atoms with Crippen LogP contribution in [0.4, 0.5) is 0 Å². The summed E-state index contributed by atoms with van der Waals surface area (Å²) in [5.74, 6) is 0. The number of fused-ring (bicyclic) bond motifs is 13. The van der Waals surface area contributed by atoms with Gasteiger partial charge in [0, 0.05) is 52.8 Å². The van der Waals surface area contributed by atoms with Gasteiger partial charge >= 0.3 is 0 Å². The van der Waals surface area contributed by atoms with E-state index >= 15 is 0 Å². The van der Waals surface area contributed by atoms with Crippen LogP contribution < -0.4 is 0 Å². The molecule has 8 aromatic carbocycles. The molecule has 4 aromatic heterocycles. The fourth-order valence-corrected chi connectivity index (χ4v) is 9.49. The molecule has 3 nitrogen and oxygen atoms in total. The smallest absolute Gasteiger partial charge is 0.147 e. The SMILES string of the molecule is c1ccc2c(c1)oc1ccc3c4cc(-c5c6ccccc6c(-c6coc7cc8c(cc67)sc6ccccc68)c6ccccc56)ccc4oc3c12. The topological polar surface area (TPSA) is 39.4 Å². The highest BCUT2D eigenvalue weighted by atomic mass is 32.1. The number of rotatable bonds is 2. The Hall–Kier alpha value is -6.36. The molecule has 0 unspecified atom stereocenters. The zero-order valence-electron chi connectivity index (χ0n) is 26.5. The number of furan rings is 3. The van der Waals surface area contributed by atoms with Gasteiger partial charge in [0.05, 0.1) is 11.6 Å². The van der Waals surface area contributed by atoms with Crippen LogP contribution in [0.15, 0.2) is 159 Å². The van der Waals surface area contributed by atoms with Crippen molar-refractivity contribution in [2.75, 3.05) is 0 Å². The van der Waals surface area contributed by atoms with Gasteiger partial charge in [-0.1, -0.05) is 91.0 Å². The van der Waals surface area contributed by atoms with Crippen LogP contribution in [0.25, 0.3) is 119 Å². The molecule has 0 amide bonds. The van der Waals surface area contributed by atoms with Crippen LogP contribution in [0.1, 0.15) is 0 Å². The van der Waals surface area contributed by atoms with Gasteiger partial charge in [-0.25, -0.2) is 0 Å². The first-order valence-electron chi connectivity index (χ1n) is 16.8. The largest absolute Gasteiger partial charge is 0.464 e. The first-order chi connectivity index (χ1) is 24.8. The summed E-state index contributed by atoms with van der Waals surface area (Å²) < 4.78 is 21.7. The van der Waals surface area contributed by atoms with E-state index in [1.807, 2.05) is 35.8 Å². The Balaban J connectivity index is 1.13. The van der Waals surface area contributed by atoms with Crippen molar-refractivity contribution in [1.82, 2.24) is 0 Å². The van der Waals surface area contributed by atoms with Gasteiger partial charge < -0.3 is 13.3 Å². The lowest BCUT2D eigenvalue weighted by atomic mass is 9.85. The Morgan fingerprint density at radius 1 is 0.380 bits per heavy atom. The van der Waals surface area contributed by atoms with Crippen molar-refractivity contribution in [3.8, 4) is 22.3 Å². The molecule has 0 saturated heterocycles. The number of para-hydroxylation sites is 1. The van der Waals surface area contributed by atoms with Crippen LogP contribution in [0.2, 0.25) is 0 Å². The van der Waals surface area contributed by atoms with E-state index in [-0.39, 0.29) is 0 Å². The Kier molecular flexibility index (Phi) is 5.12. The van der Waals surface area contributed by atoms with Crippen molar-refractivity contribution < 1.29 is 13.3 Å². The molecule has 0 atom stereocenters. The first kappa shape index (κ1) is 26.6. The van der Waals surface area contributed by atoms with E-state index in [4.69, 9.17) is 13.3 Å². The average molecular weight is 657 g/mol. The van der Waals surface area contributed by atoms with Gasteiger partial charge in [-0.05, 0) is 81.2 Å². The maximum Gasteiger partial charge on any atom is 0.147 e. The average Bonchev–Trinajstić information content (AvgIpc) is 3.93. The highest BCUT2D eigenvalue weighted by Gasteiger charge is 2.22. The van der Waals surface area contributed by atoms with Gasteiger partial charge in [0.1, 0.15) is 27.9 Å². The van der Waals surface area contributed by atoms with Crippen LogP contribution >= 0.6 is 11.3 Å². The lowest BCUT2D eigenvalue weighted by molar-refractivity contribution is 0.617. The third-order valence-corrected chi connectivity index (χ3v) is 11.7. The van der Waals surface area contributed by atoms with E-state index in [9.17, 15) is 0 Å². The minimum absolute atomic E-state index is 0.838. The second kappa shape index (κ2) is 9.63.